The van der Waals surface area contributed by atoms with E-state index in [1.165, 1.54) is 6.08 Å². The Hall–Kier alpha value is -3.28. The van der Waals surface area contributed by atoms with Crippen molar-refractivity contribution in [3.8, 4) is 11.5 Å². The largest absolute Gasteiger partial charge is 0.459 e. The molecule has 2 aromatic carbocycles. The molecule has 0 bridgehead atoms. The number of carbonyl (C=O) groups is 2. The topological polar surface area (TPSA) is 65.1 Å². The molecule has 0 spiro atoms. The molecule has 4 rings (SSSR count). The minimum atomic E-state index is -0.530. The Bertz CT molecular complexity index is 893. The molecule has 1 atom stereocenters. The molecule has 144 valence electrons. The van der Waals surface area contributed by atoms with E-state index in [4.69, 9.17) is 14.2 Å². The van der Waals surface area contributed by atoms with Crippen molar-refractivity contribution in [2.75, 3.05) is 13.3 Å². The van der Waals surface area contributed by atoms with Crippen molar-refractivity contribution in [1.29, 1.82) is 0 Å². The Kier molecular flexibility index (Phi) is 5.28. The standard InChI is InChI=1S/C22H21NO5/c24-21(11-9-16-8-10-19-20(13-16)28-15-27-19)23-12-4-7-18(23)22(25)26-14-17-5-2-1-3-6-17/h1-3,5-6,8-11,13,18H,4,7,12,14-15H2/b11-9+/t18-/m0/s1. The van der Waals surface area contributed by atoms with E-state index in [1.807, 2.05) is 48.5 Å². The van der Waals surface area contributed by atoms with Crippen molar-refractivity contribution in [3.05, 3.63) is 65.7 Å². The van der Waals surface area contributed by atoms with Crippen molar-refractivity contribution in [2.24, 2.45) is 0 Å². The Morgan fingerprint density at radius 3 is 2.79 bits per heavy atom. The monoisotopic (exact) mass is 379 g/mol. The molecule has 1 fully saturated rings. The van der Waals surface area contributed by atoms with E-state index >= 15 is 0 Å². The second kappa shape index (κ2) is 8.17. The average molecular weight is 379 g/mol. The maximum absolute atomic E-state index is 12.6. The first-order valence-corrected chi connectivity index (χ1v) is 9.29. The number of benzene rings is 2. The van der Waals surface area contributed by atoms with Crippen molar-refractivity contribution in [1.82, 2.24) is 4.90 Å². The Labute approximate surface area is 163 Å². The number of hydrogen-bond acceptors (Lipinski definition) is 5. The molecule has 2 aliphatic rings. The summed E-state index contributed by atoms with van der Waals surface area (Å²) in [6.45, 7) is 0.975. The number of amides is 1. The summed E-state index contributed by atoms with van der Waals surface area (Å²) >= 11 is 0. The number of esters is 1. The predicted molar refractivity (Wildman–Crippen MR) is 103 cm³/mol. The molecule has 28 heavy (non-hydrogen) atoms. The summed E-state index contributed by atoms with van der Waals surface area (Å²) in [6.07, 6.45) is 4.61. The highest BCUT2D eigenvalue weighted by Gasteiger charge is 2.34. The molecule has 1 amide bonds. The van der Waals surface area contributed by atoms with Gasteiger partial charge in [-0.3, -0.25) is 4.79 Å². The van der Waals surface area contributed by atoms with E-state index in [0.717, 1.165) is 17.5 Å². The van der Waals surface area contributed by atoms with Gasteiger partial charge in [-0.05, 0) is 42.2 Å². The lowest BCUT2D eigenvalue weighted by Gasteiger charge is -2.22. The van der Waals surface area contributed by atoms with E-state index < -0.39 is 6.04 Å². The summed E-state index contributed by atoms with van der Waals surface area (Å²) in [7, 11) is 0. The summed E-state index contributed by atoms with van der Waals surface area (Å²) < 4.78 is 16.0. The summed E-state index contributed by atoms with van der Waals surface area (Å²) in [4.78, 5) is 26.7. The zero-order chi connectivity index (χ0) is 19.3. The number of carbonyl (C=O) groups excluding carboxylic acids is 2. The van der Waals surface area contributed by atoms with Gasteiger partial charge in [-0.15, -0.1) is 0 Å². The van der Waals surface area contributed by atoms with E-state index in [1.54, 1.807) is 11.0 Å². The number of nitrogens with zero attached hydrogens (tertiary/aromatic N) is 1. The molecule has 2 heterocycles. The van der Waals surface area contributed by atoms with Crippen LogP contribution in [0.1, 0.15) is 24.0 Å². The van der Waals surface area contributed by atoms with E-state index in [-0.39, 0.29) is 25.3 Å². The lowest BCUT2D eigenvalue weighted by molar-refractivity contribution is -0.153. The molecule has 6 nitrogen and oxygen atoms in total. The Balaban J connectivity index is 1.37. The zero-order valence-corrected chi connectivity index (χ0v) is 15.4. The number of hydrogen-bond donors (Lipinski definition) is 0. The van der Waals surface area contributed by atoms with Crippen molar-refractivity contribution in [3.63, 3.8) is 0 Å². The lowest BCUT2D eigenvalue weighted by Crippen LogP contribution is -2.40. The fourth-order valence-electron chi connectivity index (χ4n) is 3.38. The van der Waals surface area contributed by atoms with Gasteiger partial charge in [0, 0.05) is 12.6 Å². The van der Waals surface area contributed by atoms with Crippen LogP contribution >= 0.6 is 0 Å². The van der Waals surface area contributed by atoms with Gasteiger partial charge in [-0.25, -0.2) is 4.79 Å². The first-order valence-electron chi connectivity index (χ1n) is 9.29. The molecule has 0 aromatic heterocycles. The number of rotatable bonds is 5. The molecule has 0 aliphatic carbocycles. The highest BCUT2D eigenvalue weighted by atomic mass is 16.7. The molecular weight excluding hydrogens is 358 g/mol. The molecule has 0 saturated carbocycles. The van der Waals surface area contributed by atoms with Gasteiger partial charge in [0.1, 0.15) is 12.6 Å². The zero-order valence-electron chi connectivity index (χ0n) is 15.4. The highest BCUT2D eigenvalue weighted by Crippen LogP contribution is 2.32. The molecule has 0 unspecified atom stereocenters. The Morgan fingerprint density at radius 2 is 1.93 bits per heavy atom. The van der Waals surface area contributed by atoms with Crippen LogP contribution in [0.15, 0.2) is 54.6 Å². The minimum absolute atomic E-state index is 0.197. The number of likely N-dealkylation sites (tertiary alicyclic amines) is 1. The van der Waals surface area contributed by atoms with Gasteiger partial charge in [0.25, 0.3) is 0 Å². The van der Waals surface area contributed by atoms with Crippen LogP contribution in [0, 0.1) is 0 Å². The third-order valence-electron chi connectivity index (χ3n) is 4.85. The van der Waals surface area contributed by atoms with Gasteiger partial charge < -0.3 is 19.1 Å². The lowest BCUT2D eigenvalue weighted by atomic mass is 10.2. The van der Waals surface area contributed by atoms with Gasteiger partial charge >= 0.3 is 5.97 Å². The van der Waals surface area contributed by atoms with Crippen molar-refractivity contribution >= 4 is 18.0 Å². The number of fused-ring (bicyclic) bond motifs is 1. The fourth-order valence-corrected chi connectivity index (χ4v) is 3.38. The summed E-state index contributed by atoms with van der Waals surface area (Å²) in [5.74, 6) is 0.811. The van der Waals surface area contributed by atoms with Gasteiger partial charge in [-0.2, -0.15) is 0 Å². The number of ether oxygens (including phenoxy) is 3. The maximum atomic E-state index is 12.6. The van der Waals surface area contributed by atoms with Crippen molar-refractivity contribution < 1.29 is 23.8 Å². The average Bonchev–Trinajstić information content (AvgIpc) is 3.40. The second-order valence-electron chi connectivity index (χ2n) is 6.73. The molecule has 6 heteroatoms. The van der Waals surface area contributed by atoms with Crippen LogP contribution < -0.4 is 9.47 Å². The van der Waals surface area contributed by atoms with Gasteiger partial charge in [-0.1, -0.05) is 36.4 Å². The third-order valence-corrected chi connectivity index (χ3v) is 4.85. The minimum Gasteiger partial charge on any atom is -0.459 e. The van der Waals surface area contributed by atoms with E-state index in [2.05, 4.69) is 0 Å². The SMILES string of the molecule is O=C(OCc1ccccc1)[C@@H]1CCCN1C(=O)/C=C/c1ccc2c(c1)OCO2. The van der Waals surface area contributed by atoms with Crippen LogP contribution in [0.3, 0.4) is 0 Å². The third kappa shape index (κ3) is 4.01. The molecule has 0 radical (unpaired) electrons. The second-order valence-corrected chi connectivity index (χ2v) is 6.73. The molecular formula is C22H21NO5. The van der Waals surface area contributed by atoms with Crippen LogP contribution in [-0.2, 0) is 20.9 Å². The predicted octanol–water partition coefficient (Wildman–Crippen LogP) is 3.16. The normalized spacial score (nSPS) is 17.9. The highest BCUT2D eigenvalue weighted by molar-refractivity contribution is 5.95. The van der Waals surface area contributed by atoms with Gasteiger partial charge in [0.05, 0.1) is 0 Å². The molecule has 2 aromatic rings. The van der Waals surface area contributed by atoms with Gasteiger partial charge in [0.2, 0.25) is 12.7 Å². The Morgan fingerprint density at radius 1 is 1.11 bits per heavy atom. The van der Waals surface area contributed by atoms with Crippen molar-refractivity contribution in [2.45, 2.75) is 25.5 Å². The van der Waals surface area contributed by atoms with Crippen LogP contribution in [-0.4, -0.2) is 36.2 Å². The van der Waals surface area contributed by atoms with Crippen LogP contribution in [0.5, 0.6) is 11.5 Å². The molecule has 0 N–H and O–H groups in total. The summed E-state index contributed by atoms with van der Waals surface area (Å²) in [6, 6.07) is 14.5. The van der Waals surface area contributed by atoms with E-state index in [9.17, 15) is 9.59 Å². The van der Waals surface area contributed by atoms with Gasteiger partial charge in [0.15, 0.2) is 11.5 Å². The first-order chi connectivity index (χ1) is 13.7. The van der Waals surface area contributed by atoms with Crippen LogP contribution in [0.2, 0.25) is 0 Å². The van der Waals surface area contributed by atoms with E-state index in [0.29, 0.717) is 24.5 Å². The molecule has 2 aliphatic heterocycles. The van der Waals surface area contributed by atoms with Crippen LogP contribution in [0.25, 0.3) is 6.08 Å². The maximum Gasteiger partial charge on any atom is 0.329 e. The summed E-state index contributed by atoms with van der Waals surface area (Å²) in [5, 5.41) is 0. The smallest absolute Gasteiger partial charge is 0.329 e. The van der Waals surface area contributed by atoms with Crippen LogP contribution in [0.4, 0.5) is 0 Å². The first kappa shape index (κ1) is 18.1. The molecule has 1 saturated heterocycles. The quantitative estimate of drug-likeness (QED) is 0.590. The fraction of sp³-hybridized carbons (Fsp3) is 0.273. The summed E-state index contributed by atoms with van der Waals surface area (Å²) in [5.41, 5.74) is 1.76.